The van der Waals surface area contributed by atoms with E-state index in [4.69, 9.17) is 0 Å². The van der Waals surface area contributed by atoms with E-state index < -0.39 is 5.97 Å². The lowest BCUT2D eigenvalue weighted by atomic mass is 10.0. The van der Waals surface area contributed by atoms with Gasteiger partial charge in [0.2, 0.25) is 0 Å². The van der Waals surface area contributed by atoms with Crippen molar-refractivity contribution in [2.45, 2.75) is 31.9 Å². The normalized spacial score (nSPS) is 16.6. The fraction of sp³-hybridized carbons (Fsp3) is 0.304. The molecule has 0 radical (unpaired) electrons. The molecule has 0 spiro atoms. The SMILES string of the molecule is O=C(O)c1nn(-c2cccc(-c3cccc(CN4CC(O)C4)c3)c2)c2c1CCC2. The van der Waals surface area contributed by atoms with Crippen LogP contribution in [0.3, 0.4) is 0 Å². The Hall–Kier alpha value is -2.96. The fourth-order valence-electron chi connectivity index (χ4n) is 4.42. The quantitative estimate of drug-likeness (QED) is 0.702. The average Bonchev–Trinajstić information content (AvgIpc) is 3.29. The lowest BCUT2D eigenvalue weighted by Gasteiger charge is -2.35. The van der Waals surface area contributed by atoms with Gasteiger partial charge in [0, 0.05) is 30.9 Å². The topological polar surface area (TPSA) is 78.6 Å². The molecule has 0 saturated carbocycles. The molecule has 0 amide bonds. The maximum absolute atomic E-state index is 11.6. The summed E-state index contributed by atoms with van der Waals surface area (Å²) in [7, 11) is 0. The highest BCUT2D eigenvalue weighted by atomic mass is 16.4. The molecule has 0 atom stereocenters. The molecule has 1 aliphatic carbocycles. The number of aromatic nitrogens is 2. The first-order valence-electron chi connectivity index (χ1n) is 10.0. The van der Waals surface area contributed by atoms with Crippen LogP contribution in [0.4, 0.5) is 0 Å². The number of carboxylic acid groups (broad SMARTS) is 1. The van der Waals surface area contributed by atoms with E-state index >= 15 is 0 Å². The summed E-state index contributed by atoms with van der Waals surface area (Å²) in [5.41, 5.74) is 6.38. The summed E-state index contributed by atoms with van der Waals surface area (Å²) in [4.78, 5) is 13.8. The van der Waals surface area contributed by atoms with Gasteiger partial charge in [-0.1, -0.05) is 30.3 Å². The van der Waals surface area contributed by atoms with Gasteiger partial charge in [0.1, 0.15) is 0 Å². The second-order valence-electron chi connectivity index (χ2n) is 7.94. The third kappa shape index (κ3) is 3.34. The van der Waals surface area contributed by atoms with Crippen molar-refractivity contribution in [2.24, 2.45) is 0 Å². The Kier molecular flexibility index (Phi) is 4.45. The van der Waals surface area contributed by atoms with Crippen LogP contribution in [0.25, 0.3) is 16.8 Å². The van der Waals surface area contributed by atoms with Gasteiger partial charge in [-0.15, -0.1) is 0 Å². The summed E-state index contributed by atoms with van der Waals surface area (Å²) in [5.74, 6) is -0.957. The van der Waals surface area contributed by atoms with Crippen LogP contribution < -0.4 is 0 Å². The molecule has 1 saturated heterocycles. The molecule has 1 fully saturated rings. The summed E-state index contributed by atoms with van der Waals surface area (Å²) in [6.07, 6.45) is 2.42. The number of nitrogens with zero attached hydrogens (tertiary/aromatic N) is 3. The number of aliphatic hydroxyl groups is 1. The zero-order valence-corrected chi connectivity index (χ0v) is 16.1. The molecule has 29 heavy (non-hydrogen) atoms. The van der Waals surface area contributed by atoms with Crippen molar-refractivity contribution in [2.75, 3.05) is 13.1 Å². The number of aliphatic hydroxyl groups excluding tert-OH is 1. The highest BCUT2D eigenvalue weighted by molar-refractivity contribution is 5.87. The van der Waals surface area contributed by atoms with Crippen LogP contribution in [0.2, 0.25) is 0 Å². The lowest BCUT2D eigenvalue weighted by molar-refractivity contribution is -0.00285. The molecule has 1 aliphatic heterocycles. The first kappa shape index (κ1) is 18.1. The van der Waals surface area contributed by atoms with E-state index in [1.807, 2.05) is 12.1 Å². The Morgan fingerprint density at radius 3 is 2.59 bits per heavy atom. The maximum atomic E-state index is 11.6. The standard InChI is InChI=1S/C23H23N3O3/c27-19-13-25(14-19)12-15-4-1-5-16(10-15)17-6-2-7-18(11-17)26-21-9-3-8-20(21)22(24-26)23(28)29/h1-2,4-7,10-11,19,27H,3,8-9,12-14H2,(H,28,29). The second kappa shape index (κ2) is 7.13. The van der Waals surface area contributed by atoms with Gasteiger partial charge in [0.15, 0.2) is 5.69 Å². The van der Waals surface area contributed by atoms with E-state index in [1.54, 1.807) is 4.68 Å². The Labute approximate surface area is 169 Å². The minimum atomic E-state index is -0.957. The maximum Gasteiger partial charge on any atom is 0.356 e. The molecule has 2 aliphatic rings. The predicted octanol–water partition coefficient (Wildman–Crippen LogP) is 2.90. The zero-order chi connectivity index (χ0) is 20.0. The van der Waals surface area contributed by atoms with Crippen molar-refractivity contribution >= 4 is 5.97 Å². The molecule has 6 nitrogen and oxygen atoms in total. The van der Waals surface area contributed by atoms with Crippen LogP contribution in [-0.2, 0) is 19.4 Å². The highest BCUT2D eigenvalue weighted by Gasteiger charge is 2.27. The van der Waals surface area contributed by atoms with E-state index in [0.717, 1.165) is 67.0 Å². The summed E-state index contributed by atoms with van der Waals surface area (Å²) in [6, 6.07) is 16.5. The molecule has 3 aromatic rings. The molecule has 2 N–H and O–H groups in total. The number of β-amino-alcohol motifs (C(OH)–C–C–N with tert-alkyl or cyclic N) is 1. The number of benzene rings is 2. The predicted molar refractivity (Wildman–Crippen MR) is 109 cm³/mol. The van der Waals surface area contributed by atoms with E-state index in [9.17, 15) is 15.0 Å². The highest BCUT2D eigenvalue weighted by Crippen LogP contribution is 2.30. The number of fused-ring (bicyclic) bond motifs is 1. The van der Waals surface area contributed by atoms with Crippen LogP contribution in [-0.4, -0.2) is 50.1 Å². The largest absolute Gasteiger partial charge is 0.476 e. The third-order valence-electron chi connectivity index (χ3n) is 5.83. The molecule has 0 bridgehead atoms. The number of carbonyl (C=O) groups is 1. The van der Waals surface area contributed by atoms with Gasteiger partial charge >= 0.3 is 5.97 Å². The fourth-order valence-corrected chi connectivity index (χ4v) is 4.42. The molecule has 0 unspecified atom stereocenters. The van der Waals surface area contributed by atoms with E-state index in [-0.39, 0.29) is 11.8 Å². The number of rotatable bonds is 5. The first-order chi connectivity index (χ1) is 14.1. The smallest absolute Gasteiger partial charge is 0.356 e. The van der Waals surface area contributed by atoms with Crippen LogP contribution in [0.5, 0.6) is 0 Å². The van der Waals surface area contributed by atoms with Gasteiger partial charge in [-0.25, -0.2) is 9.48 Å². The summed E-state index contributed by atoms with van der Waals surface area (Å²) >= 11 is 0. The monoisotopic (exact) mass is 389 g/mol. The van der Waals surface area contributed by atoms with Crippen molar-refractivity contribution in [3.05, 3.63) is 71.0 Å². The lowest BCUT2D eigenvalue weighted by Crippen LogP contribution is -2.49. The molecular weight excluding hydrogens is 366 g/mol. The molecule has 1 aromatic heterocycles. The number of hydrogen-bond acceptors (Lipinski definition) is 4. The van der Waals surface area contributed by atoms with Gasteiger partial charge < -0.3 is 10.2 Å². The first-order valence-corrected chi connectivity index (χ1v) is 10.0. The average molecular weight is 389 g/mol. The second-order valence-corrected chi connectivity index (χ2v) is 7.94. The van der Waals surface area contributed by atoms with E-state index in [0.29, 0.717) is 0 Å². The summed E-state index contributed by atoms with van der Waals surface area (Å²) < 4.78 is 1.81. The van der Waals surface area contributed by atoms with Crippen molar-refractivity contribution in [1.82, 2.24) is 14.7 Å². The third-order valence-corrected chi connectivity index (χ3v) is 5.83. The van der Waals surface area contributed by atoms with Gasteiger partial charge in [-0.3, -0.25) is 4.90 Å². The summed E-state index contributed by atoms with van der Waals surface area (Å²) in [5, 5.41) is 23.4. The number of aromatic carboxylic acids is 1. The minimum Gasteiger partial charge on any atom is -0.476 e. The molecule has 148 valence electrons. The summed E-state index contributed by atoms with van der Waals surface area (Å²) in [6.45, 7) is 2.30. The van der Waals surface area contributed by atoms with Crippen LogP contribution in [0.1, 0.15) is 33.7 Å². The van der Waals surface area contributed by atoms with Gasteiger partial charge in [0.05, 0.1) is 11.8 Å². The Morgan fingerprint density at radius 2 is 1.83 bits per heavy atom. The number of likely N-dealkylation sites (tertiary alicyclic amines) is 1. The van der Waals surface area contributed by atoms with Crippen LogP contribution in [0, 0.1) is 0 Å². The zero-order valence-electron chi connectivity index (χ0n) is 16.1. The minimum absolute atomic E-state index is 0.182. The Balaban J connectivity index is 1.47. The number of hydrogen-bond donors (Lipinski definition) is 2. The molecule has 5 rings (SSSR count). The Bertz CT molecular complexity index is 1080. The van der Waals surface area contributed by atoms with Crippen molar-refractivity contribution in [3.63, 3.8) is 0 Å². The van der Waals surface area contributed by atoms with Crippen molar-refractivity contribution in [1.29, 1.82) is 0 Å². The van der Waals surface area contributed by atoms with Crippen molar-refractivity contribution < 1.29 is 15.0 Å². The molecule has 2 heterocycles. The van der Waals surface area contributed by atoms with Gasteiger partial charge in [-0.05, 0) is 54.2 Å². The van der Waals surface area contributed by atoms with Crippen molar-refractivity contribution in [3.8, 4) is 16.8 Å². The van der Waals surface area contributed by atoms with Crippen LogP contribution >= 0.6 is 0 Å². The molecular formula is C23H23N3O3. The van der Waals surface area contributed by atoms with Gasteiger partial charge in [-0.2, -0.15) is 5.10 Å². The van der Waals surface area contributed by atoms with E-state index in [2.05, 4.69) is 46.4 Å². The van der Waals surface area contributed by atoms with Crippen LogP contribution in [0.15, 0.2) is 48.5 Å². The van der Waals surface area contributed by atoms with E-state index in [1.165, 1.54) is 5.56 Å². The Morgan fingerprint density at radius 1 is 1.07 bits per heavy atom. The molecule has 6 heteroatoms. The molecule has 2 aromatic carbocycles. The number of carboxylic acids is 1. The van der Waals surface area contributed by atoms with Gasteiger partial charge in [0.25, 0.3) is 0 Å².